The van der Waals surface area contributed by atoms with Crippen molar-refractivity contribution in [2.24, 2.45) is 0 Å². The van der Waals surface area contributed by atoms with Gasteiger partial charge in [0.15, 0.2) is 0 Å². The van der Waals surface area contributed by atoms with Crippen LogP contribution in [0.1, 0.15) is 28.2 Å². The number of aryl methyl sites for hydroxylation is 2. The number of nitriles is 2. The van der Waals surface area contributed by atoms with Gasteiger partial charge in [-0.25, -0.2) is 4.98 Å². The Kier molecular flexibility index (Phi) is 3.31. The lowest BCUT2D eigenvalue weighted by Crippen LogP contribution is -2.13. The third-order valence-corrected chi connectivity index (χ3v) is 3.06. The van der Waals surface area contributed by atoms with Gasteiger partial charge in [-0.2, -0.15) is 10.5 Å². The molecule has 0 unspecified atom stereocenters. The molecule has 0 saturated heterocycles. The Hall–Kier alpha value is -2.66. The van der Waals surface area contributed by atoms with Crippen LogP contribution in [-0.4, -0.2) is 15.5 Å². The predicted molar refractivity (Wildman–Crippen MR) is 69.4 cm³/mol. The van der Waals surface area contributed by atoms with Crippen molar-refractivity contribution >= 4 is 16.9 Å². The number of nitrogens with zero attached hydrogens (tertiary/aromatic N) is 4. The number of carbonyl (C=O) groups is 1. The van der Waals surface area contributed by atoms with Gasteiger partial charge in [0.25, 0.3) is 0 Å². The molecule has 19 heavy (non-hydrogen) atoms. The maximum atomic E-state index is 12.0. The first-order valence-electron chi connectivity index (χ1n) is 5.84. The van der Waals surface area contributed by atoms with Gasteiger partial charge in [0.05, 0.1) is 29.6 Å². The summed E-state index contributed by atoms with van der Waals surface area (Å²) < 4.78 is 1.38. The fourth-order valence-corrected chi connectivity index (χ4v) is 2.00. The van der Waals surface area contributed by atoms with Crippen LogP contribution in [-0.2, 0) is 6.42 Å². The second kappa shape index (κ2) is 4.91. The quantitative estimate of drug-likeness (QED) is 0.820. The number of carbonyl (C=O) groups excluding carboxylic acids is 1. The van der Waals surface area contributed by atoms with Crippen molar-refractivity contribution in [3.05, 3.63) is 29.1 Å². The molecule has 0 radical (unpaired) electrons. The first-order chi connectivity index (χ1) is 9.08. The molecule has 0 amide bonds. The fourth-order valence-electron chi connectivity index (χ4n) is 2.00. The zero-order valence-corrected chi connectivity index (χ0v) is 10.8. The Labute approximate surface area is 110 Å². The van der Waals surface area contributed by atoms with Gasteiger partial charge in [0.2, 0.25) is 5.91 Å². The molecule has 0 bridgehead atoms. The van der Waals surface area contributed by atoms with Gasteiger partial charge in [-0.3, -0.25) is 9.36 Å². The van der Waals surface area contributed by atoms with E-state index in [1.165, 1.54) is 4.57 Å². The number of aromatic nitrogens is 2. The van der Waals surface area contributed by atoms with Gasteiger partial charge < -0.3 is 0 Å². The van der Waals surface area contributed by atoms with Crippen molar-refractivity contribution in [2.75, 3.05) is 0 Å². The molecule has 94 valence electrons. The van der Waals surface area contributed by atoms with Crippen LogP contribution < -0.4 is 0 Å². The number of fused-ring (bicyclic) bond motifs is 1. The lowest BCUT2D eigenvalue weighted by molar-refractivity contribution is 0.0921. The molecule has 5 heteroatoms. The minimum Gasteiger partial charge on any atom is -0.273 e. The highest BCUT2D eigenvalue weighted by atomic mass is 16.2. The fraction of sp³-hybridized carbons (Fsp3) is 0.286. The van der Waals surface area contributed by atoms with Crippen molar-refractivity contribution in [1.29, 1.82) is 10.5 Å². The Morgan fingerprint density at radius 2 is 1.95 bits per heavy atom. The van der Waals surface area contributed by atoms with Crippen LogP contribution in [0.4, 0.5) is 0 Å². The average molecular weight is 252 g/mol. The predicted octanol–water partition coefficient (Wildman–Crippen LogP) is 2.27. The molecule has 2 rings (SSSR count). The first-order valence-corrected chi connectivity index (χ1v) is 5.84. The van der Waals surface area contributed by atoms with Crippen molar-refractivity contribution in [3.8, 4) is 12.1 Å². The summed E-state index contributed by atoms with van der Waals surface area (Å²) in [6.07, 6.45) is -0.180. The monoisotopic (exact) mass is 252 g/mol. The summed E-state index contributed by atoms with van der Waals surface area (Å²) in [4.78, 5) is 16.3. The van der Waals surface area contributed by atoms with E-state index in [4.69, 9.17) is 10.5 Å². The first kappa shape index (κ1) is 12.8. The molecule has 0 atom stereocenters. The summed E-state index contributed by atoms with van der Waals surface area (Å²) in [7, 11) is 0. The van der Waals surface area contributed by atoms with E-state index in [1.807, 2.05) is 38.1 Å². The lowest BCUT2D eigenvalue weighted by atomic mass is 10.1. The Balaban J connectivity index is 2.73. The molecule has 1 aromatic heterocycles. The Morgan fingerprint density at radius 3 is 2.58 bits per heavy atom. The molecule has 0 fully saturated rings. The Bertz CT molecular complexity index is 743. The van der Waals surface area contributed by atoms with Crippen LogP contribution in [0.5, 0.6) is 0 Å². The number of hydrogen-bond acceptors (Lipinski definition) is 4. The smallest absolute Gasteiger partial charge is 0.246 e. The van der Waals surface area contributed by atoms with E-state index in [-0.39, 0.29) is 18.7 Å². The van der Waals surface area contributed by atoms with E-state index in [1.54, 1.807) is 0 Å². The highest BCUT2D eigenvalue weighted by molar-refractivity contribution is 5.92. The second-order valence-corrected chi connectivity index (χ2v) is 4.35. The van der Waals surface area contributed by atoms with E-state index in [0.717, 1.165) is 11.1 Å². The second-order valence-electron chi connectivity index (χ2n) is 4.35. The summed E-state index contributed by atoms with van der Waals surface area (Å²) in [5, 5.41) is 17.5. The van der Waals surface area contributed by atoms with Gasteiger partial charge in [-0.05, 0) is 37.1 Å². The third-order valence-electron chi connectivity index (χ3n) is 3.06. The van der Waals surface area contributed by atoms with E-state index in [0.29, 0.717) is 16.9 Å². The minimum atomic E-state index is -0.349. The van der Waals surface area contributed by atoms with Gasteiger partial charge in [-0.15, -0.1) is 0 Å². The van der Waals surface area contributed by atoms with Gasteiger partial charge >= 0.3 is 0 Å². The van der Waals surface area contributed by atoms with Crippen molar-refractivity contribution < 1.29 is 4.79 Å². The molecule has 0 N–H and O–H groups in total. The summed E-state index contributed by atoms with van der Waals surface area (Å²) in [6.45, 7) is 3.92. The van der Waals surface area contributed by atoms with Crippen molar-refractivity contribution in [2.45, 2.75) is 26.7 Å². The molecule has 5 nitrogen and oxygen atoms in total. The SMILES string of the molecule is Cc1cc2nc(CC#N)n(C(=O)CC#N)c2cc1C. The van der Waals surface area contributed by atoms with Crippen LogP contribution >= 0.6 is 0 Å². The maximum absolute atomic E-state index is 12.0. The minimum absolute atomic E-state index is 0.0456. The summed E-state index contributed by atoms with van der Waals surface area (Å²) in [5.74, 6) is 0.0428. The molecule has 0 spiro atoms. The molecular formula is C14H12N4O. The molecular weight excluding hydrogens is 240 g/mol. The van der Waals surface area contributed by atoms with E-state index in [2.05, 4.69) is 4.98 Å². The molecule has 1 heterocycles. The van der Waals surface area contributed by atoms with E-state index in [9.17, 15) is 4.79 Å². The highest BCUT2D eigenvalue weighted by Crippen LogP contribution is 2.21. The largest absolute Gasteiger partial charge is 0.273 e. The molecule has 2 aromatic rings. The third kappa shape index (κ3) is 2.19. The number of imidazole rings is 1. The molecule has 0 aliphatic rings. The zero-order chi connectivity index (χ0) is 14.0. The normalized spacial score (nSPS) is 10.1. The van der Waals surface area contributed by atoms with Crippen molar-refractivity contribution in [3.63, 3.8) is 0 Å². The molecule has 1 aromatic carbocycles. The molecule has 0 saturated carbocycles. The van der Waals surface area contributed by atoms with E-state index < -0.39 is 0 Å². The number of rotatable bonds is 2. The highest BCUT2D eigenvalue weighted by Gasteiger charge is 2.17. The van der Waals surface area contributed by atoms with Crippen molar-refractivity contribution in [1.82, 2.24) is 9.55 Å². The Morgan fingerprint density at radius 1 is 1.26 bits per heavy atom. The average Bonchev–Trinajstić information content (AvgIpc) is 2.68. The van der Waals surface area contributed by atoms with Crippen LogP contribution in [0.15, 0.2) is 12.1 Å². The van der Waals surface area contributed by atoms with Crippen LogP contribution in [0.2, 0.25) is 0 Å². The zero-order valence-electron chi connectivity index (χ0n) is 10.8. The number of benzene rings is 1. The number of hydrogen-bond donors (Lipinski definition) is 0. The standard InChI is InChI=1S/C14H12N4O/c1-9-7-11-12(8-10(9)2)18(14(19)4-6-16)13(17-11)3-5-15/h7-8H,3-4H2,1-2H3. The lowest BCUT2D eigenvalue weighted by Gasteiger charge is -2.04. The molecule has 0 aliphatic heterocycles. The van der Waals surface area contributed by atoms with Crippen LogP contribution in [0, 0.1) is 36.5 Å². The van der Waals surface area contributed by atoms with E-state index >= 15 is 0 Å². The molecule has 0 aliphatic carbocycles. The topological polar surface area (TPSA) is 82.5 Å². The van der Waals surface area contributed by atoms with Gasteiger partial charge in [0.1, 0.15) is 12.2 Å². The summed E-state index contributed by atoms with van der Waals surface area (Å²) >= 11 is 0. The summed E-state index contributed by atoms with van der Waals surface area (Å²) in [6, 6.07) is 7.59. The summed E-state index contributed by atoms with van der Waals surface area (Å²) in [5.41, 5.74) is 3.46. The van der Waals surface area contributed by atoms with Gasteiger partial charge in [0, 0.05) is 0 Å². The van der Waals surface area contributed by atoms with Gasteiger partial charge in [-0.1, -0.05) is 0 Å². The van der Waals surface area contributed by atoms with Crippen LogP contribution in [0.25, 0.3) is 11.0 Å². The van der Waals surface area contributed by atoms with Crippen LogP contribution in [0.3, 0.4) is 0 Å². The maximum Gasteiger partial charge on any atom is 0.246 e.